The number of aromatic hydroxyl groups is 1. The maximum absolute atomic E-state index is 9.70. The maximum atomic E-state index is 9.70. The van der Waals surface area contributed by atoms with Gasteiger partial charge in [0.15, 0.2) is 0 Å². The number of likely N-dealkylation sites (N-methyl/N-ethyl adjacent to an activating group) is 1. The second-order valence-corrected chi connectivity index (χ2v) is 4.70. The summed E-state index contributed by atoms with van der Waals surface area (Å²) < 4.78 is 0. The van der Waals surface area contributed by atoms with Gasteiger partial charge in [0.2, 0.25) is 0 Å². The van der Waals surface area contributed by atoms with Crippen LogP contribution in [0, 0.1) is 0 Å². The number of phenols is 1. The molecule has 3 nitrogen and oxygen atoms in total. The molecule has 0 saturated heterocycles. The van der Waals surface area contributed by atoms with E-state index in [4.69, 9.17) is 5.73 Å². The number of nitrogens with two attached hydrogens (primary N) is 1. The van der Waals surface area contributed by atoms with Crippen LogP contribution in [0.25, 0.3) is 0 Å². The lowest BCUT2D eigenvalue weighted by Crippen LogP contribution is -2.18. The summed E-state index contributed by atoms with van der Waals surface area (Å²) in [7, 11) is 4.12. The van der Waals surface area contributed by atoms with E-state index in [1.165, 1.54) is 5.56 Å². The van der Waals surface area contributed by atoms with Crippen LogP contribution in [0.15, 0.2) is 18.2 Å². The second-order valence-electron chi connectivity index (χ2n) is 4.70. The fourth-order valence-electron chi connectivity index (χ4n) is 1.66. The Morgan fingerprint density at radius 3 is 2.62 bits per heavy atom. The summed E-state index contributed by atoms with van der Waals surface area (Å²) in [5.41, 5.74) is 7.95. The highest BCUT2D eigenvalue weighted by atomic mass is 16.3. The average Bonchev–Trinajstić information content (AvgIpc) is 2.18. The van der Waals surface area contributed by atoms with Gasteiger partial charge in [-0.2, -0.15) is 0 Å². The van der Waals surface area contributed by atoms with E-state index in [0.717, 1.165) is 24.9 Å². The number of hydrogen-bond acceptors (Lipinski definition) is 3. The van der Waals surface area contributed by atoms with Crippen LogP contribution in [-0.4, -0.2) is 36.7 Å². The van der Waals surface area contributed by atoms with Gasteiger partial charge in [0, 0.05) is 12.6 Å². The summed E-state index contributed by atoms with van der Waals surface area (Å²) in [6, 6.07) is 5.88. The number of hydrogen-bond donors (Lipinski definition) is 2. The van der Waals surface area contributed by atoms with Crippen LogP contribution in [0.2, 0.25) is 0 Å². The molecule has 1 aromatic carbocycles. The van der Waals surface area contributed by atoms with Crippen LogP contribution >= 0.6 is 0 Å². The van der Waals surface area contributed by atoms with Crippen molar-refractivity contribution in [2.24, 2.45) is 5.73 Å². The standard InChI is InChI=1S/C13H22N2O/c1-10(14)8-12-9-11(4-5-13(12)16)6-7-15(2)3/h4-5,9-10,16H,6-8,14H2,1-3H3. The van der Waals surface area contributed by atoms with Gasteiger partial charge in [-0.25, -0.2) is 0 Å². The molecule has 3 heteroatoms. The van der Waals surface area contributed by atoms with Crippen LogP contribution < -0.4 is 5.73 Å². The molecular weight excluding hydrogens is 200 g/mol. The number of nitrogens with zero attached hydrogens (tertiary/aromatic N) is 1. The van der Waals surface area contributed by atoms with Crippen LogP contribution in [0.4, 0.5) is 0 Å². The number of phenolic OH excluding ortho intramolecular Hbond substituents is 1. The van der Waals surface area contributed by atoms with E-state index in [9.17, 15) is 5.11 Å². The van der Waals surface area contributed by atoms with Crippen molar-refractivity contribution < 1.29 is 5.11 Å². The van der Waals surface area contributed by atoms with Gasteiger partial charge in [0.05, 0.1) is 0 Å². The van der Waals surface area contributed by atoms with Gasteiger partial charge in [0.25, 0.3) is 0 Å². The van der Waals surface area contributed by atoms with Crippen molar-refractivity contribution in [1.82, 2.24) is 4.90 Å². The van der Waals surface area contributed by atoms with Gasteiger partial charge < -0.3 is 15.7 Å². The van der Waals surface area contributed by atoms with Gasteiger partial charge in [-0.05, 0) is 51.1 Å². The molecule has 0 aliphatic rings. The lowest BCUT2D eigenvalue weighted by atomic mass is 10.0. The summed E-state index contributed by atoms with van der Waals surface area (Å²) in [6.45, 7) is 2.97. The zero-order chi connectivity index (χ0) is 12.1. The molecule has 1 aromatic rings. The third-order valence-corrected chi connectivity index (χ3v) is 2.53. The van der Waals surface area contributed by atoms with E-state index < -0.39 is 0 Å². The van der Waals surface area contributed by atoms with Crippen LogP contribution in [0.3, 0.4) is 0 Å². The van der Waals surface area contributed by atoms with E-state index in [1.807, 2.05) is 13.0 Å². The quantitative estimate of drug-likeness (QED) is 0.791. The first-order valence-electron chi connectivity index (χ1n) is 5.70. The molecule has 0 spiro atoms. The minimum atomic E-state index is 0.0787. The normalized spacial score (nSPS) is 13.1. The largest absolute Gasteiger partial charge is 0.508 e. The molecule has 1 rings (SSSR count). The van der Waals surface area contributed by atoms with Crippen molar-refractivity contribution in [2.75, 3.05) is 20.6 Å². The summed E-state index contributed by atoms with van der Waals surface area (Å²) >= 11 is 0. The fraction of sp³-hybridized carbons (Fsp3) is 0.538. The van der Waals surface area contributed by atoms with Gasteiger partial charge in [-0.15, -0.1) is 0 Å². The molecule has 3 N–H and O–H groups in total. The van der Waals surface area contributed by atoms with Crippen molar-refractivity contribution >= 4 is 0 Å². The summed E-state index contributed by atoms with van der Waals surface area (Å²) in [5, 5.41) is 9.70. The van der Waals surface area contributed by atoms with E-state index >= 15 is 0 Å². The minimum Gasteiger partial charge on any atom is -0.508 e. The predicted octanol–water partition coefficient (Wildman–Crippen LogP) is 1.39. The van der Waals surface area contributed by atoms with Crippen molar-refractivity contribution in [3.8, 4) is 5.75 Å². The first-order valence-corrected chi connectivity index (χ1v) is 5.70. The van der Waals surface area contributed by atoms with E-state index in [1.54, 1.807) is 6.07 Å². The van der Waals surface area contributed by atoms with Crippen molar-refractivity contribution in [3.05, 3.63) is 29.3 Å². The summed E-state index contributed by atoms with van der Waals surface area (Å²) in [6.07, 6.45) is 1.72. The molecule has 0 aliphatic heterocycles. The Labute approximate surface area is 97.9 Å². The summed E-state index contributed by atoms with van der Waals surface area (Å²) in [4.78, 5) is 2.15. The summed E-state index contributed by atoms with van der Waals surface area (Å²) in [5.74, 6) is 0.353. The smallest absolute Gasteiger partial charge is 0.118 e. The molecule has 0 radical (unpaired) electrons. The molecule has 0 fully saturated rings. The zero-order valence-electron chi connectivity index (χ0n) is 10.4. The van der Waals surface area contributed by atoms with Gasteiger partial charge in [0.1, 0.15) is 5.75 Å². The van der Waals surface area contributed by atoms with Gasteiger partial charge in [-0.1, -0.05) is 12.1 Å². The maximum Gasteiger partial charge on any atom is 0.118 e. The lowest BCUT2D eigenvalue weighted by molar-refractivity contribution is 0.413. The predicted molar refractivity (Wildman–Crippen MR) is 67.7 cm³/mol. The molecule has 90 valence electrons. The van der Waals surface area contributed by atoms with Crippen LogP contribution in [0.1, 0.15) is 18.1 Å². The highest BCUT2D eigenvalue weighted by Crippen LogP contribution is 2.20. The Kier molecular flexibility index (Phi) is 4.77. The van der Waals surface area contributed by atoms with E-state index in [0.29, 0.717) is 5.75 Å². The minimum absolute atomic E-state index is 0.0787. The third-order valence-electron chi connectivity index (χ3n) is 2.53. The molecule has 1 unspecified atom stereocenters. The molecule has 0 saturated carbocycles. The van der Waals surface area contributed by atoms with Crippen LogP contribution in [-0.2, 0) is 12.8 Å². The topological polar surface area (TPSA) is 49.5 Å². The molecule has 0 heterocycles. The third kappa shape index (κ3) is 4.21. The zero-order valence-corrected chi connectivity index (χ0v) is 10.4. The monoisotopic (exact) mass is 222 g/mol. The first-order chi connectivity index (χ1) is 7.49. The molecule has 0 bridgehead atoms. The van der Waals surface area contributed by atoms with Gasteiger partial charge in [-0.3, -0.25) is 0 Å². The van der Waals surface area contributed by atoms with E-state index in [-0.39, 0.29) is 6.04 Å². The van der Waals surface area contributed by atoms with Gasteiger partial charge >= 0.3 is 0 Å². The van der Waals surface area contributed by atoms with Crippen molar-refractivity contribution in [1.29, 1.82) is 0 Å². The molecule has 0 aliphatic carbocycles. The Hall–Kier alpha value is -1.06. The molecule has 0 amide bonds. The Morgan fingerprint density at radius 1 is 1.38 bits per heavy atom. The molecular formula is C13H22N2O. The average molecular weight is 222 g/mol. The van der Waals surface area contributed by atoms with Crippen LogP contribution in [0.5, 0.6) is 5.75 Å². The highest BCUT2D eigenvalue weighted by molar-refractivity contribution is 5.36. The Bertz CT molecular complexity index is 335. The SMILES string of the molecule is CC(N)Cc1cc(CCN(C)C)ccc1O. The van der Waals surface area contributed by atoms with E-state index in [2.05, 4.69) is 25.1 Å². The van der Waals surface area contributed by atoms with Crippen molar-refractivity contribution in [3.63, 3.8) is 0 Å². The molecule has 0 aromatic heterocycles. The Balaban J connectivity index is 2.73. The Morgan fingerprint density at radius 2 is 2.06 bits per heavy atom. The lowest BCUT2D eigenvalue weighted by Gasteiger charge is -2.12. The highest BCUT2D eigenvalue weighted by Gasteiger charge is 2.05. The van der Waals surface area contributed by atoms with Crippen molar-refractivity contribution in [2.45, 2.75) is 25.8 Å². The molecule has 16 heavy (non-hydrogen) atoms. The number of benzene rings is 1. The first kappa shape index (κ1) is 13.0. The number of rotatable bonds is 5. The fourth-order valence-corrected chi connectivity index (χ4v) is 1.66. The molecule has 1 atom stereocenters. The second kappa shape index (κ2) is 5.87.